The first kappa shape index (κ1) is 11.0. The van der Waals surface area contributed by atoms with Crippen molar-refractivity contribution in [2.24, 2.45) is 0 Å². The van der Waals surface area contributed by atoms with Crippen LogP contribution in [0.2, 0.25) is 0 Å². The first-order chi connectivity index (χ1) is 7.36. The van der Waals surface area contributed by atoms with Gasteiger partial charge in [-0.25, -0.2) is 4.98 Å². The van der Waals surface area contributed by atoms with E-state index < -0.39 is 0 Å². The van der Waals surface area contributed by atoms with E-state index in [1.54, 1.807) is 0 Å². The molecule has 1 atom stereocenters. The summed E-state index contributed by atoms with van der Waals surface area (Å²) >= 11 is 1.87. The molecule has 0 aliphatic carbocycles. The van der Waals surface area contributed by atoms with E-state index in [4.69, 9.17) is 0 Å². The zero-order valence-electron chi connectivity index (χ0n) is 9.22. The highest BCUT2D eigenvalue weighted by Gasteiger charge is 2.19. The van der Waals surface area contributed by atoms with Crippen molar-refractivity contribution >= 4 is 11.8 Å². The van der Waals surface area contributed by atoms with Crippen molar-refractivity contribution in [3.8, 4) is 0 Å². The van der Waals surface area contributed by atoms with Gasteiger partial charge < -0.3 is 4.90 Å². The summed E-state index contributed by atoms with van der Waals surface area (Å²) in [6.45, 7) is 1.28. The molecule has 0 saturated carbocycles. The van der Waals surface area contributed by atoms with Crippen LogP contribution in [-0.2, 0) is 0 Å². The summed E-state index contributed by atoms with van der Waals surface area (Å²) in [5.41, 5.74) is 0. The van der Waals surface area contributed by atoms with Crippen LogP contribution in [0.25, 0.3) is 0 Å². The Morgan fingerprint density at radius 3 is 3.13 bits per heavy atom. The van der Waals surface area contributed by atoms with Crippen LogP contribution in [0.4, 0.5) is 0 Å². The SMILES string of the molecule is CN1CCCC1CCSc1ccccn1. The van der Waals surface area contributed by atoms with Crippen molar-refractivity contribution in [3.05, 3.63) is 24.4 Å². The van der Waals surface area contributed by atoms with Gasteiger partial charge in [-0.1, -0.05) is 6.07 Å². The molecule has 1 saturated heterocycles. The van der Waals surface area contributed by atoms with Crippen LogP contribution < -0.4 is 0 Å². The van der Waals surface area contributed by atoms with Crippen LogP contribution >= 0.6 is 11.8 Å². The van der Waals surface area contributed by atoms with Gasteiger partial charge in [-0.2, -0.15) is 0 Å². The van der Waals surface area contributed by atoms with E-state index in [0.717, 1.165) is 11.1 Å². The Labute approximate surface area is 96.1 Å². The van der Waals surface area contributed by atoms with E-state index in [9.17, 15) is 0 Å². The van der Waals surface area contributed by atoms with Crippen molar-refractivity contribution in [2.45, 2.75) is 30.3 Å². The predicted octanol–water partition coefficient (Wildman–Crippen LogP) is 2.66. The molecule has 1 unspecified atom stereocenters. The summed E-state index contributed by atoms with van der Waals surface area (Å²) in [5, 5.41) is 1.15. The lowest BCUT2D eigenvalue weighted by Gasteiger charge is -2.18. The molecule has 15 heavy (non-hydrogen) atoms. The second-order valence-corrected chi connectivity index (χ2v) is 5.20. The van der Waals surface area contributed by atoms with E-state index in [1.165, 1.54) is 31.6 Å². The lowest BCUT2D eigenvalue weighted by Crippen LogP contribution is -2.25. The summed E-state index contributed by atoms with van der Waals surface area (Å²) in [6.07, 6.45) is 5.90. The highest BCUT2D eigenvalue weighted by Crippen LogP contribution is 2.22. The average Bonchev–Trinajstić information content (AvgIpc) is 2.66. The molecule has 0 spiro atoms. The van der Waals surface area contributed by atoms with Crippen LogP contribution in [0, 0.1) is 0 Å². The van der Waals surface area contributed by atoms with E-state index in [-0.39, 0.29) is 0 Å². The summed E-state index contributed by atoms with van der Waals surface area (Å²) in [5.74, 6) is 1.19. The second-order valence-electron chi connectivity index (χ2n) is 4.08. The molecule has 2 nitrogen and oxygen atoms in total. The molecule has 1 fully saturated rings. The van der Waals surface area contributed by atoms with Gasteiger partial charge in [-0.05, 0) is 45.0 Å². The standard InChI is InChI=1S/C12H18N2S/c1-14-9-4-5-11(14)7-10-15-12-6-2-3-8-13-12/h2-3,6,8,11H,4-5,7,9-10H2,1H3. The molecular weight excluding hydrogens is 204 g/mol. The summed E-state index contributed by atoms with van der Waals surface area (Å²) < 4.78 is 0. The fourth-order valence-electron chi connectivity index (χ4n) is 2.08. The first-order valence-electron chi connectivity index (χ1n) is 5.60. The summed E-state index contributed by atoms with van der Waals surface area (Å²) in [6, 6.07) is 6.91. The number of rotatable bonds is 4. The molecule has 1 aliphatic rings. The first-order valence-corrected chi connectivity index (χ1v) is 6.59. The summed E-state index contributed by atoms with van der Waals surface area (Å²) in [7, 11) is 2.24. The number of aromatic nitrogens is 1. The lowest BCUT2D eigenvalue weighted by atomic mass is 10.2. The van der Waals surface area contributed by atoms with Crippen LogP contribution in [0.15, 0.2) is 29.4 Å². The Balaban J connectivity index is 1.71. The molecule has 82 valence electrons. The number of nitrogens with zero attached hydrogens (tertiary/aromatic N) is 2. The minimum atomic E-state index is 0.807. The number of thioether (sulfide) groups is 1. The number of hydrogen-bond acceptors (Lipinski definition) is 3. The van der Waals surface area contributed by atoms with Gasteiger partial charge in [0.2, 0.25) is 0 Å². The zero-order chi connectivity index (χ0) is 10.5. The Morgan fingerprint density at radius 1 is 1.53 bits per heavy atom. The predicted molar refractivity (Wildman–Crippen MR) is 65.2 cm³/mol. The molecule has 0 N–H and O–H groups in total. The van der Waals surface area contributed by atoms with E-state index in [1.807, 2.05) is 24.0 Å². The fraction of sp³-hybridized carbons (Fsp3) is 0.583. The van der Waals surface area contributed by atoms with Gasteiger partial charge in [-0.15, -0.1) is 11.8 Å². The van der Waals surface area contributed by atoms with Gasteiger partial charge in [0.25, 0.3) is 0 Å². The third-order valence-corrected chi connectivity index (χ3v) is 3.99. The van der Waals surface area contributed by atoms with E-state index >= 15 is 0 Å². The third-order valence-electron chi connectivity index (χ3n) is 3.01. The lowest BCUT2D eigenvalue weighted by molar-refractivity contribution is 0.305. The van der Waals surface area contributed by atoms with Gasteiger partial charge in [0.05, 0.1) is 5.03 Å². The van der Waals surface area contributed by atoms with Gasteiger partial charge in [0, 0.05) is 18.0 Å². The Hall–Kier alpha value is -0.540. The Kier molecular flexibility index (Phi) is 4.03. The fourth-order valence-corrected chi connectivity index (χ4v) is 2.99. The number of hydrogen-bond donors (Lipinski definition) is 0. The number of pyridine rings is 1. The highest BCUT2D eigenvalue weighted by molar-refractivity contribution is 7.99. The maximum Gasteiger partial charge on any atom is 0.0959 e. The van der Waals surface area contributed by atoms with Crippen molar-refractivity contribution in [3.63, 3.8) is 0 Å². The Bertz CT molecular complexity index is 289. The molecule has 1 aromatic heterocycles. The average molecular weight is 222 g/mol. The molecule has 0 bridgehead atoms. The van der Waals surface area contributed by atoms with Crippen LogP contribution in [0.3, 0.4) is 0 Å². The maximum absolute atomic E-state index is 4.31. The molecule has 2 heterocycles. The van der Waals surface area contributed by atoms with Crippen molar-refractivity contribution < 1.29 is 0 Å². The van der Waals surface area contributed by atoms with Gasteiger partial charge in [0.1, 0.15) is 0 Å². The second kappa shape index (κ2) is 5.52. The zero-order valence-corrected chi connectivity index (χ0v) is 10.0. The van der Waals surface area contributed by atoms with Crippen LogP contribution in [0.1, 0.15) is 19.3 Å². The summed E-state index contributed by atoms with van der Waals surface area (Å²) in [4.78, 5) is 6.80. The molecule has 1 aliphatic heterocycles. The molecule has 3 heteroatoms. The number of likely N-dealkylation sites (tertiary alicyclic amines) is 1. The molecule has 1 aromatic rings. The minimum absolute atomic E-state index is 0.807. The monoisotopic (exact) mass is 222 g/mol. The minimum Gasteiger partial charge on any atom is -0.303 e. The van der Waals surface area contributed by atoms with Crippen molar-refractivity contribution in [2.75, 3.05) is 19.3 Å². The van der Waals surface area contributed by atoms with Crippen molar-refractivity contribution in [1.82, 2.24) is 9.88 Å². The van der Waals surface area contributed by atoms with E-state index in [0.29, 0.717) is 0 Å². The third kappa shape index (κ3) is 3.21. The van der Waals surface area contributed by atoms with Gasteiger partial charge >= 0.3 is 0 Å². The molecule has 0 radical (unpaired) electrons. The smallest absolute Gasteiger partial charge is 0.0959 e. The highest BCUT2D eigenvalue weighted by atomic mass is 32.2. The molecule has 2 rings (SSSR count). The van der Waals surface area contributed by atoms with Crippen molar-refractivity contribution in [1.29, 1.82) is 0 Å². The van der Waals surface area contributed by atoms with Crippen LogP contribution in [0.5, 0.6) is 0 Å². The van der Waals surface area contributed by atoms with Crippen LogP contribution in [-0.4, -0.2) is 35.3 Å². The van der Waals surface area contributed by atoms with E-state index in [2.05, 4.69) is 29.1 Å². The topological polar surface area (TPSA) is 16.1 Å². The molecular formula is C12H18N2S. The molecule has 0 aromatic carbocycles. The molecule has 0 amide bonds. The normalized spacial score (nSPS) is 22.1. The van der Waals surface area contributed by atoms with Gasteiger partial charge in [0.15, 0.2) is 0 Å². The quantitative estimate of drug-likeness (QED) is 0.729. The van der Waals surface area contributed by atoms with Gasteiger partial charge in [-0.3, -0.25) is 0 Å². The Morgan fingerprint density at radius 2 is 2.47 bits per heavy atom. The largest absolute Gasteiger partial charge is 0.303 e. The maximum atomic E-state index is 4.31.